The van der Waals surface area contributed by atoms with E-state index in [1.54, 1.807) is 11.1 Å². The quantitative estimate of drug-likeness (QED) is 0.133. The highest BCUT2D eigenvalue weighted by atomic mass is 79.9. The predicted octanol–water partition coefficient (Wildman–Crippen LogP) is 12.9. The van der Waals surface area contributed by atoms with Crippen molar-refractivity contribution in [2.75, 3.05) is 0 Å². The lowest BCUT2D eigenvalue weighted by Gasteiger charge is -2.33. The average molecular weight is 657 g/mol. The van der Waals surface area contributed by atoms with Gasteiger partial charge in [-0.15, -0.1) is 22.7 Å². The maximum atomic E-state index is 3.68. The first-order chi connectivity index (χ1) is 18.1. The molecule has 2 aromatic heterocycles. The molecule has 4 heteroatoms. The molecule has 0 fully saturated rings. The van der Waals surface area contributed by atoms with Crippen molar-refractivity contribution in [1.29, 1.82) is 0 Å². The monoisotopic (exact) mass is 654 g/mol. The van der Waals surface area contributed by atoms with Gasteiger partial charge >= 0.3 is 0 Å². The Balaban J connectivity index is 1.64. The highest BCUT2D eigenvalue weighted by molar-refractivity contribution is 9.11. The second kappa shape index (κ2) is 12.3. The van der Waals surface area contributed by atoms with E-state index in [0.717, 1.165) is 0 Å². The Hall–Kier alpha value is -1.20. The summed E-state index contributed by atoms with van der Waals surface area (Å²) in [5.74, 6) is 0. The molecule has 0 radical (unpaired) electrons. The molecule has 0 atom stereocenters. The Bertz CT molecular complexity index is 1240. The van der Waals surface area contributed by atoms with Crippen LogP contribution in [-0.4, -0.2) is 0 Å². The van der Waals surface area contributed by atoms with E-state index in [9.17, 15) is 0 Å². The molecule has 0 saturated carbocycles. The van der Waals surface area contributed by atoms with Crippen molar-refractivity contribution >= 4 is 54.5 Å². The second-order valence-corrected chi connectivity index (χ2v) is 15.4. The van der Waals surface area contributed by atoms with Crippen LogP contribution in [0.25, 0.3) is 32.0 Å². The van der Waals surface area contributed by atoms with E-state index in [1.807, 2.05) is 22.7 Å². The van der Waals surface area contributed by atoms with Gasteiger partial charge in [0.25, 0.3) is 0 Å². The van der Waals surface area contributed by atoms with Gasteiger partial charge < -0.3 is 0 Å². The van der Waals surface area contributed by atoms with Crippen molar-refractivity contribution in [2.24, 2.45) is 0 Å². The van der Waals surface area contributed by atoms with Gasteiger partial charge in [-0.05, 0) is 114 Å². The maximum absolute atomic E-state index is 3.68. The number of thiophene rings is 2. The molecule has 5 rings (SSSR count). The van der Waals surface area contributed by atoms with Gasteiger partial charge in [-0.2, -0.15) is 0 Å². The van der Waals surface area contributed by atoms with E-state index in [4.69, 9.17) is 0 Å². The smallest absolute Gasteiger partial charge is 0.0705 e. The van der Waals surface area contributed by atoms with Crippen molar-refractivity contribution in [3.8, 4) is 32.0 Å². The van der Waals surface area contributed by atoms with Crippen LogP contribution in [0.5, 0.6) is 0 Å². The van der Waals surface area contributed by atoms with Crippen molar-refractivity contribution in [2.45, 2.75) is 83.5 Å². The Morgan fingerprint density at radius 2 is 1.03 bits per heavy atom. The molecule has 0 spiro atoms. The fourth-order valence-electron chi connectivity index (χ4n) is 6.11. The minimum absolute atomic E-state index is 0.0984. The van der Waals surface area contributed by atoms with E-state index < -0.39 is 0 Å². The summed E-state index contributed by atoms with van der Waals surface area (Å²) in [4.78, 5) is 2.70. The van der Waals surface area contributed by atoms with Crippen molar-refractivity contribution < 1.29 is 0 Å². The van der Waals surface area contributed by atoms with Gasteiger partial charge in [0.2, 0.25) is 0 Å². The van der Waals surface area contributed by atoms with Crippen molar-refractivity contribution in [1.82, 2.24) is 0 Å². The first kappa shape index (κ1) is 27.4. The molecule has 1 aliphatic carbocycles. The summed E-state index contributed by atoms with van der Waals surface area (Å²) in [7, 11) is 0. The van der Waals surface area contributed by atoms with E-state index in [-0.39, 0.29) is 5.41 Å². The summed E-state index contributed by atoms with van der Waals surface area (Å²) in [5.41, 5.74) is 8.87. The van der Waals surface area contributed by atoms with Crippen LogP contribution >= 0.6 is 54.5 Å². The third-order valence-corrected chi connectivity index (χ3v) is 11.3. The van der Waals surface area contributed by atoms with Crippen LogP contribution in [0.2, 0.25) is 0 Å². The van der Waals surface area contributed by atoms with E-state index >= 15 is 0 Å². The highest BCUT2D eigenvalue weighted by Gasteiger charge is 2.42. The number of benzene rings is 2. The number of halogens is 2. The summed E-state index contributed by atoms with van der Waals surface area (Å²) < 4.78 is 2.40. The van der Waals surface area contributed by atoms with Crippen LogP contribution in [0.4, 0.5) is 0 Å². The molecule has 37 heavy (non-hydrogen) atoms. The first-order valence-electron chi connectivity index (χ1n) is 13.9. The molecular formula is C33H36Br2S2. The van der Waals surface area contributed by atoms with Crippen LogP contribution < -0.4 is 0 Å². The molecule has 1 aliphatic rings. The zero-order valence-electron chi connectivity index (χ0n) is 21.9. The van der Waals surface area contributed by atoms with E-state index in [0.29, 0.717) is 0 Å². The SMILES string of the molecule is CCCCCCC1(CCCCCC)c2cc(-c3ccc(Br)s3)ccc2-c2ccc(-c3ccc(Br)s3)cc21. The third-order valence-electron chi connectivity index (χ3n) is 7.99. The summed E-state index contributed by atoms with van der Waals surface area (Å²) in [6, 6.07) is 23.5. The zero-order valence-corrected chi connectivity index (χ0v) is 26.7. The molecule has 0 amide bonds. The Labute approximate surface area is 247 Å². The van der Waals surface area contributed by atoms with Gasteiger partial charge in [0, 0.05) is 15.2 Å². The number of hydrogen-bond acceptors (Lipinski definition) is 2. The van der Waals surface area contributed by atoms with Crippen molar-refractivity contribution in [3.63, 3.8) is 0 Å². The molecule has 0 N–H and O–H groups in total. The largest absolute Gasteiger partial charge is 0.128 e. The Morgan fingerprint density at radius 1 is 0.568 bits per heavy atom. The standard InChI is InChI=1S/C33H36Br2S2/c1-3-5-7-9-19-33(20-10-8-6-4-2)27-21-23(29-15-17-31(34)36-29)11-13-25(27)26-14-12-24(22-28(26)33)30-16-18-32(35)37-30/h11-18,21-22H,3-10,19-20H2,1-2H3. The number of rotatable bonds is 12. The molecule has 2 heterocycles. The van der Waals surface area contributed by atoms with Gasteiger partial charge in [-0.1, -0.05) is 89.5 Å². The molecule has 2 aromatic carbocycles. The maximum Gasteiger partial charge on any atom is 0.0705 e. The normalized spacial score (nSPS) is 13.6. The first-order valence-corrected chi connectivity index (χ1v) is 17.1. The van der Waals surface area contributed by atoms with E-state index in [2.05, 4.69) is 106 Å². The van der Waals surface area contributed by atoms with Gasteiger partial charge in [-0.3, -0.25) is 0 Å². The summed E-state index contributed by atoms with van der Waals surface area (Å²) in [5, 5.41) is 0. The van der Waals surface area contributed by atoms with Crippen LogP contribution in [0.3, 0.4) is 0 Å². The Kier molecular flexibility index (Phi) is 9.12. The van der Waals surface area contributed by atoms with Gasteiger partial charge in [0.05, 0.1) is 7.57 Å². The van der Waals surface area contributed by atoms with Gasteiger partial charge in [0.1, 0.15) is 0 Å². The average Bonchev–Trinajstić information content (AvgIpc) is 3.61. The van der Waals surface area contributed by atoms with Crippen molar-refractivity contribution in [3.05, 3.63) is 79.4 Å². The minimum Gasteiger partial charge on any atom is -0.128 e. The molecule has 194 valence electrons. The van der Waals surface area contributed by atoms with Gasteiger partial charge in [-0.25, -0.2) is 0 Å². The molecule has 4 aromatic rings. The molecule has 0 aliphatic heterocycles. The lowest BCUT2D eigenvalue weighted by atomic mass is 9.70. The fraction of sp³-hybridized carbons (Fsp3) is 0.394. The predicted molar refractivity (Wildman–Crippen MR) is 172 cm³/mol. The molecule has 0 saturated heterocycles. The van der Waals surface area contributed by atoms with Crippen LogP contribution in [0, 0.1) is 0 Å². The number of hydrogen-bond donors (Lipinski definition) is 0. The lowest BCUT2D eigenvalue weighted by Crippen LogP contribution is -2.25. The third kappa shape index (κ3) is 5.73. The molecule has 0 nitrogen and oxygen atoms in total. The van der Waals surface area contributed by atoms with Crippen LogP contribution in [0.1, 0.15) is 89.2 Å². The molecular weight excluding hydrogens is 620 g/mol. The summed E-state index contributed by atoms with van der Waals surface area (Å²) in [6.45, 7) is 4.63. The molecule has 0 unspecified atom stereocenters. The zero-order chi connectivity index (χ0) is 25.8. The minimum atomic E-state index is 0.0984. The number of fused-ring (bicyclic) bond motifs is 3. The number of unbranched alkanes of at least 4 members (excludes halogenated alkanes) is 6. The molecule has 0 bridgehead atoms. The topological polar surface area (TPSA) is 0 Å². The van der Waals surface area contributed by atoms with Crippen LogP contribution in [0.15, 0.2) is 68.2 Å². The van der Waals surface area contributed by atoms with E-state index in [1.165, 1.54) is 104 Å². The van der Waals surface area contributed by atoms with Gasteiger partial charge in [0.15, 0.2) is 0 Å². The second-order valence-electron chi connectivity index (χ2n) is 10.4. The summed E-state index contributed by atoms with van der Waals surface area (Å²) in [6.07, 6.45) is 13.0. The van der Waals surface area contributed by atoms with Crippen LogP contribution in [-0.2, 0) is 5.41 Å². The fourth-order valence-corrected chi connectivity index (χ4v) is 8.88. The lowest BCUT2D eigenvalue weighted by molar-refractivity contribution is 0.401. The summed E-state index contributed by atoms with van der Waals surface area (Å²) >= 11 is 11.0. The Morgan fingerprint density at radius 3 is 1.41 bits per heavy atom. The highest BCUT2D eigenvalue weighted by Crippen LogP contribution is 2.56.